The monoisotopic (exact) mass is 623 g/mol. The number of aliphatic hydroxyl groups excluding tert-OH is 1. The number of aromatic amines is 1. The first-order chi connectivity index (χ1) is 16.9. The number of aliphatic hydroxyl groups is 1. The summed E-state index contributed by atoms with van der Waals surface area (Å²) in [4.78, 5) is 45.9. The van der Waals surface area contributed by atoms with Crippen molar-refractivity contribution < 1.29 is 56.3 Å². The van der Waals surface area contributed by atoms with Crippen LogP contribution < -0.4 is 5.73 Å². The highest BCUT2D eigenvalue weighted by atomic mass is 35.5. The number of halogens is 1. The third-order valence-electron chi connectivity index (χ3n) is 4.98. The van der Waals surface area contributed by atoms with Crippen molar-refractivity contribution in [3.05, 3.63) is 11.0 Å². The molecule has 17 nitrogen and oxygen atoms in total. The van der Waals surface area contributed by atoms with E-state index < -0.39 is 59.3 Å². The molecule has 0 aromatic carbocycles. The fourth-order valence-corrected chi connectivity index (χ4v) is 7.63. The van der Waals surface area contributed by atoms with E-state index in [0.29, 0.717) is 0 Å². The summed E-state index contributed by atoms with van der Waals surface area (Å²) in [7, 11) is -16.9. The molecule has 2 aromatic rings. The van der Waals surface area contributed by atoms with Gasteiger partial charge in [-0.1, -0.05) is 29.7 Å². The Morgan fingerprint density at radius 1 is 1.32 bits per heavy atom. The number of alkyl halides is 1. The lowest BCUT2D eigenvalue weighted by molar-refractivity contribution is -0.0641. The number of hydrogen-bond acceptors (Lipinski definition) is 12. The molecule has 0 saturated carbocycles. The Labute approximate surface area is 218 Å². The Bertz CT molecular complexity index is 1450. The van der Waals surface area contributed by atoms with Gasteiger partial charge in [-0.3, -0.25) is 9.09 Å². The molecule has 0 spiro atoms. The Morgan fingerprint density at radius 2 is 1.97 bits per heavy atom. The van der Waals surface area contributed by atoms with Gasteiger partial charge in [-0.05, 0) is 13.8 Å². The van der Waals surface area contributed by atoms with Gasteiger partial charge in [-0.2, -0.15) is 13.6 Å². The molecular formula is C15H21ClN5O12P3S. The van der Waals surface area contributed by atoms with Crippen molar-refractivity contribution in [1.82, 2.24) is 19.5 Å². The van der Waals surface area contributed by atoms with E-state index in [0.717, 1.165) is 0 Å². The number of phosphoric acid groups is 3. The second-order valence-corrected chi connectivity index (χ2v) is 13.0. The lowest BCUT2D eigenvalue weighted by atomic mass is 9.87. The number of phosphoric ester groups is 1. The number of anilines is 1. The highest BCUT2D eigenvalue weighted by molar-refractivity contribution is 7.71. The maximum absolute atomic E-state index is 12.3. The Morgan fingerprint density at radius 3 is 2.54 bits per heavy atom. The number of nitrogens with zero attached hydrogens (tertiary/aromatic N) is 3. The molecule has 0 amide bonds. The van der Waals surface area contributed by atoms with E-state index in [1.165, 1.54) is 24.7 Å². The molecule has 0 radical (unpaired) electrons. The van der Waals surface area contributed by atoms with Crippen LogP contribution in [-0.2, 0) is 31.6 Å². The number of ether oxygens (including phenoxy) is 1. The second kappa shape index (κ2) is 10.7. The van der Waals surface area contributed by atoms with Gasteiger partial charge in [0.05, 0.1) is 25.1 Å². The molecule has 7 atom stereocenters. The van der Waals surface area contributed by atoms with Gasteiger partial charge in [0.1, 0.15) is 10.2 Å². The van der Waals surface area contributed by atoms with Gasteiger partial charge >= 0.3 is 23.5 Å². The number of nitrogens with two attached hydrogens (primary N) is 1. The Hall–Kier alpha value is -1.25. The normalized spacial score (nSPS) is 28.3. The van der Waals surface area contributed by atoms with Crippen LogP contribution in [0.1, 0.15) is 20.1 Å². The van der Waals surface area contributed by atoms with Gasteiger partial charge in [0.2, 0.25) is 5.95 Å². The van der Waals surface area contributed by atoms with E-state index in [9.17, 15) is 28.6 Å². The van der Waals surface area contributed by atoms with E-state index >= 15 is 0 Å². The highest BCUT2D eigenvalue weighted by Crippen LogP contribution is 2.67. The molecule has 3 rings (SSSR count). The van der Waals surface area contributed by atoms with Crippen LogP contribution in [0.3, 0.4) is 0 Å². The molecule has 8 N–H and O–H groups in total. The smallest absolute Gasteiger partial charge is 0.396 e. The van der Waals surface area contributed by atoms with Crippen molar-refractivity contribution in [3.63, 3.8) is 0 Å². The molecule has 206 valence electrons. The first-order valence-electron chi connectivity index (χ1n) is 9.86. The Balaban J connectivity index is 1.97. The molecule has 22 heteroatoms. The number of imidazole rings is 1. The molecule has 1 aliphatic rings. The zero-order chi connectivity index (χ0) is 28.0. The summed E-state index contributed by atoms with van der Waals surface area (Å²) in [6.07, 6.45) is -2.78. The van der Waals surface area contributed by atoms with E-state index in [4.69, 9.17) is 48.6 Å². The predicted molar refractivity (Wildman–Crippen MR) is 128 cm³/mol. The van der Waals surface area contributed by atoms with Crippen molar-refractivity contribution in [3.8, 4) is 11.8 Å². The fourth-order valence-electron chi connectivity index (χ4n) is 3.74. The fraction of sp³-hybridized carbons (Fsp3) is 0.533. The van der Waals surface area contributed by atoms with E-state index in [1.807, 2.05) is 0 Å². The van der Waals surface area contributed by atoms with Crippen LogP contribution in [0.15, 0.2) is 6.33 Å². The molecule has 2 aromatic heterocycles. The third kappa shape index (κ3) is 6.67. The molecular weight excluding hydrogens is 603 g/mol. The molecule has 3 heterocycles. The van der Waals surface area contributed by atoms with Crippen LogP contribution >= 0.6 is 47.3 Å². The highest BCUT2D eigenvalue weighted by Gasteiger charge is 2.58. The first-order valence-corrected chi connectivity index (χ1v) is 15.2. The van der Waals surface area contributed by atoms with Gasteiger partial charge in [-0.15, -0.1) is 5.92 Å². The number of rotatable bonds is 9. The van der Waals surface area contributed by atoms with Crippen LogP contribution in [-0.4, -0.2) is 67.9 Å². The molecule has 1 aliphatic heterocycles. The lowest BCUT2D eigenvalue weighted by Gasteiger charge is -2.29. The minimum atomic E-state index is -5.76. The quantitative estimate of drug-likeness (QED) is 0.0898. The number of H-pyrrole nitrogens is 1. The second-order valence-electron chi connectivity index (χ2n) is 7.56. The van der Waals surface area contributed by atoms with Crippen molar-refractivity contribution in [2.75, 3.05) is 12.3 Å². The maximum atomic E-state index is 12.3. The van der Waals surface area contributed by atoms with Gasteiger partial charge in [0.15, 0.2) is 16.7 Å². The molecule has 1 fully saturated rings. The summed E-state index contributed by atoms with van der Waals surface area (Å²) in [6.45, 7) is 1.98. The van der Waals surface area contributed by atoms with E-state index in [2.05, 4.69) is 35.4 Å². The molecule has 1 saturated heterocycles. The molecule has 0 aliphatic carbocycles. The van der Waals surface area contributed by atoms with Crippen molar-refractivity contribution in [2.24, 2.45) is 5.92 Å². The predicted octanol–water partition coefficient (Wildman–Crippen LogP) is 1.31. The average Bonchev–Trinajstić information content (AvgIpc) is 3.23. The molecule has 0 bridgehead atoms. The summed E-state index contributed by atoms with van der Waals surface area (Å²) < 4.78 is 54.6. The lowest BCUT2D eigenvalue weighted by Crippen LogP contribution is -2.41. The summed E-state index contributed by atoms with van der Waals surface area (Å²) >= 11 is 12.0. The molecule has 37 heavy (non-hydrogen) atoms. The van der Waals surface area contributed by atoms with E-state index in [-0.39, 0.29) is 21.8 Å². The van der Waals surface area contributed by atoms with Crippen LogP contribution in [0.25, 0.3) is 11.2 Å². The number of nitrogen functional groups attached to an aromatic ring is 1. The SMILES string of the molecule is CC#CC1(Cl)C(CO)[C@@H]([C@@H](C)OP(=O)(O)OP(=O)(O)OP(=O)(O)O)O[C@H]1n1cnc2c(=S)[nH]c(N)nc21. The number of hydrogen-bond donors (Lipinski definition) is 7. The van der Waals surface area contributed by atoms with Crippen LogP contribution in [0, 0.1) is 22.4 Å². The summed E-state index contributed by atoms with van der Waals surface area (Å²) in [5, 5.41) is 10.2. The number of fused-ring (bicyclic) bond motifs is 1. The van der Waals surface area contributed by atoms with Gasteiger partial charge < -0.3 is 40.1 Å². The summed E-state index contributed by atoms with van der Waals surface area (Å²) in [5.74, 6) is 4.22. The number of nitrogens with one attached hydrogen (secondary N) is 1. The van der Waals surface area contributed by atoms with Crippen LogP contribution in [0.4, 0.5) is 5.95 Å². The number of aromatic nitrogens is 4. The average molecular weight is 624 g/mol. The minimum absolute atomic E-state index is 0.0460. The van der Waals surface area contributed by atoms with Crippen LogP contribution in [0.5, 0.6) is 0 Å². The summed E-state index contributed by atoms with van der Waals surface area (Å²) in [5.41, 5.74) is 6.14. The van der Waals surface area contributed by atoms with Gasteiger partial charge in [0, 0.05) is 5.92 Å². The minimum Gasteiger partial charge on any atom is -0.396 e. The summed E-state index contributed by atoms with van der Waals surface area (Å²) in [6, 6.07) is 0. The van der Waals surface area contributed by atoms with Gasteiger partial charge in [0.25, 0.3) is 0 Å². The zero-order valence-electron chi connectivity index (χ0n) is 18.7. The molecule has 4 unspecified atom stereocenters. The maximum Gasteiger partial charge on any atom is 0.490 e. The van der Waals surface area contributed by atoms with Crippen molar-refractivity contribution in [2.45, 2.75) is 37.2 Å². The topological polar surface area (TPSA) is 262 Å². The standard InChI is InChI=1S/C15H21ClN5O12P3S/c1-3-4-15(16)8(5-22)10(7(2)31-35(26,27)33-36(28,29)32-34(23,24)25)30-13(15)21-6-18-9-11(21)19-14(17)20-12(9)37/h6-8,10,13,22H,5H2,1-2H3,(H,26,27)(H,28,29)(H2,23,24,25)(H3,17,19,20,37)/t7-,8?,10-,13-,15?/m1/s1. The zero-order valence-corrected chi connectivity index (χ0v) is 23.0. The van der Waals surface area contributed by atoms with E-state index in [1.54, 1.807) is 0 Å². The Kier molecular flexibility index (Phi) is 8.78. The van der Waals surface area contributed by atoms with Crippen LogP contribution in [0.2, 0.25) is 0 Å². The van der Waals surface area contributed by atoms with Crippen molar-refractivity contribution in [1.29, 1.82) is 0 Å². The van der Waals surface area contributed by atoms with Gasteiger partial charge in [-0.25, -0.2) is 18.7 Å². The van der Waals surface area contributed by atoms with Crippen molar-refractivity contribution >= 4 is 64.4 Å². The largest absolute Gasteiger partial charge is 0.490 e. The first kappa shape index (κ1) is 30.3. The third-order valence-corrected chi connectivity index (χ3v) is 9.76.